The van der Waals surface area contributed by atoms with Crippen molar-refractivity contribution in [3.63, 3.8) is 0 Å². The fourth-order valence-electron chi connectivity index (χ4n) is 1.56. The molecule has 0 bridgehead atoms. The first-order valence-corrected chi connectivity index (χ1v) is 7.04. The number of rotatable bonds is 5. The van der Waals surface area contributed by atoms with E-state index in [1.54, 1.807) is 24.0 Å². The molecule has 0 aliphatic carbocycles. The van der Waals surface area contributed by atoms with Crippen LogP contribution in [0.25, 0.3) is 0 Å². The Morgan fingerprint density at radius 1 is 1.26 bits per heavy atom. The number of hydrogen-bond donors (Lipinski definition) is 1. The predicted octanol–water partition coefficient (Wildman–Crippen LogP) is 3.65. The van der Waals surface area contributed by atoms with Crippen molar-refractivity contribution in [3.8, 4) is 0 Å². The Bertz CT molecular complexity index is 572. The van der Waals surface area contributed by atoms with Crippen molar-refractivity contribution >= 4 is 29.3 Å². The molecule has 0 fully saturated rings. The van der Waals surface area contributed by atoms with Gasteiger partial charge in [0.15, 0.2) is 0 Å². The molecule has 2 rings (SSSR count). The fourth-order valence-corrected chi connectivity index (χ4v) is 2.55. The summed E-state index contributed by atoms with van der Waals surface area (Å²) >= 11 is 7.53. The summed E-state index contributed by atoms with van der Waals surface area (Å²) in [6.07, 6.45) is 1.75. The summed E-state index contributed by atoms with van der Waals surface area (Å²) in [5, 5.41) is 9.37. The normalized spacial score (nSPS) is 10.4. The Hall–Kier alpha value is -1.52. The average molecular weight is 294 g/mol. The number of aromatic nitrogens is 1. The topological polar surface area (TPSA) is 50.2 Å². The van der Waals surface area contributed by atoms with Crippen LogP contribution >= 0.6 is 23.4 Å². The molecule has 0 amide bonds. The van der Waals surface area contributed by atoms with Gasteiger partial charge >= 0.3 is 5.97 Å². The van der Waals surface area contributed by atoms with Crippen LogP contribution < -0.4 is 0 Å². The molecule has 0 spiro atoms. The van der Waals surface area contributed by atoms with E-state index in [4.69, 9.17) is 16.7 Å². The summed E-state index contributed by atoms with van der Waals surface area (Å²) < 4.78 is 0. The highest BCUT2D eigenvalue weighted by molar-refractivity contribution is 7.98. The van der Waals surface area contributed by atoms with Crippen LogP contribution in [0.15, 0.2) is 47.5 Å². The van der Waals surface area contributed by atoms with Crippen LogP contribution in [0.5, 0.6) is 0 Å². The molecule has 5 heteroatoms. The maximum absolute atomic E-state index is 10.6. The molecule has 0 saturated heterocycles. The lowest BCUT2D eigenvalue weighted by molar-refractivity contribution is -0.136. The van der Waals surface area contributed by atoms with Crippen LogP contribution in [0.1, 0.15) is 11.3 Å². The quantitative estimate of drug-likeness (QED) is 0.855. The summed E-state index contributed by atoms with van der Waals surface area (Å²) in [6.45, 7) is 0. The number of hydrogen-bond acceptors (Lipinski definition) is 3. The van der Waals surface area contributed by atoms with Gasteiger partial charge in [0.05, 0.1) is 12.1 Å². The second kappa shape index (κ2) is 6.59. The number of aliphatic carboxylic acids is 1. The SMILES string of the molecule is O=C(O)Cc1ccc(SCc2cc(Cl)ccn2)cc1. The lowest BCUT2D eigenvalue weighted by Crippen LogP contribution is -1.99. The molecule has 1 aromatic heterocycles. The minimum Gasteiger partial charge on any atom is -0.481 e. The Morgan fingerprint density at radius 3 is 2.63 bits per heavy atom. The number of thioether (sulfide) groups is 1. The molecule has 1 heterocycles. The highest BCUT2D eigenvalue weighted by Crippen LogP contribution is 2.23. The van der Waals surface area contributed by atoms with Crippen LogP contribution in [0.4, 0.5) is 0 Å². The van der Waals surface area contributed by atoms with Crippen molar-refractivity contribution in [3.05, 3.63) is 58.9 Å². The first-order valence-electron chi connectivity index (χ1n) is 5.67. The minimum absolute atomic E-state index is 0.0563. The third kappa shape index (κ3) is 4.58. The van der Waals surface area contributed by atoms with E-state index in [9.17, 15) is 4.79 Å². The second-order valence-electron chi connectivity index (χ2n) is 3.97. The van der Waals surface area contributed by atoms with Crippen LogP contribution in [0.3, 0.4) is 0 Å². The number of carboxylic acid groups (broad SMARTS) is 1. The third-order valence-corrected chi connectivity index (χ3v) is 3.72. The Morgan fingerprint density at radius 2 is 2.00 bits per heavy atom. The average Bonchev–Trinajstić information content (AvgIpc) is 2.37. The lowest BCUT2D eigenvalue weighted by Gasteiger charge is -2.03. The van der Waals surface area contributed by atoms with Gasteiger partial charge in [-0.3, -0.25) is 9.78 Å². The van der Waals surface area contributed by atoms with Crippen molar-refractivity contribution in [2.75, 3.05) is 0 Å². The van der Waals surface area contributed by atoms with Gasteiger partial charge in [0.25, 0.3) is 0 Å². The molecular formula is C14H12ClNO2S. The zero-order valence-electron chi connectivity index (χ0n) is 10.0. The maximum Gasteiger partial charge on any atom is 0.307 e. The Labute approximate surface area is 120 Å². The van der Waals surface area contributed by atoms with E-state index in [-0.39, 0.29) is 6.42 Å². The summed E-state index contributed by atoms with van der Waals surface area (Å²) in [6, 6.07) is 11.1. The molecule has 2 aromatic rings. The van der Waals surface area contributed by atoms with E-state index in [1.165, 1.54) is 0 Å². The zero-order chi connectivity index (χ0) is 13.7. The molecule has 0 aliphatic heterocycles. The molecule has 3 nitrogen and oxygen atoms in total. The molecular weight excluding hydrogens is 282 g/mol. The van der Waals surface area contributed by atoms with Gasteiger partial charge in [-0.15, -0.1) is 11.8 Å². The van der Waals surface area contributed by atoms with E-state index in [2.05, 4.69) is 4.98 Å². The maximum atomic E-state index is 10.6. The van der Waals surface area contributed by atoms with Gasteiger partial charge in [0, 0.05) is 21.9 Å². The van der Waals surface area contributed by atoms with E-state index in [0.29, 0.717) is 5.02 Å². The van der Waals surface area contributed by atoms with Gasteiger partial charge in [-0.05, 0) is 29.8 Å². The van der Waals surface area contributed by atoms with E-state index < -0.39 is 5.97 Å². The number of benzene rings is 1. The van der Waals surface area contributed by atoms with E-state index in [0.717, 1.165) is 21.9 Å². The predicted molar refractivity (Wildman–Crippen MR) is 76.6 cm³/mol. The van der Waals surface area contributed by atoms with Crippen molar-refractivity contribution < 1.29 is 9.90 Å². The number of halogens is 1. The molecule has 98 valence electrons. The van der Waals surface area contributed by atoms with Gasteiger partial charge in [-0.2, -0.15) is 0 Å². The summed E-state index contributed by atoms with van der Waals surface area (Å²) in [7, 11) is 0. The molecule has 0 unspecified atom stereocenters. The van der Waals surface area contributed by atoms with Crippen LogP contribution in [0, 0.1) is 0 Å². The summed E-state index contributed by atoms with van der Waals surface area (Å²) in [5.74, 6) is -0.0812. The monoisotopic (exact) mass is 293 g/mol. The number of carbonyl (C=O) groups is 1. The fraction of sp³-hybridized carbons (Fsp3) is 0.143. The van der Waals surface area contributed by atoms with Crippen molar-refractivity contribution in [2.24, 2.45) is 0 Å². The zero-order valence-corrected chi connectivity index (χ0v) is 11.6. The first-order chi connectivity index (χ1) is 9.13. The molecule has 0 saturated carbocycles. The van der Waals surface area contributed by atoms with Gasteiger partial charge < -0.3 is 5.11 Å². The summed E-state index contributed by atoms with van der Waals surface area (Å²) in [4.78, 5) is 15.9. The van der Waals surface area contributed by atoms with Crippen LogP contribution in [0.2, 0.25) is 5.02 Å². The van der Waals surface area contributed by atoms with Crippen LogP contribution in [-0.2, 0) is 17.0 Å². The van der Waals surface area contributed by atoms with Crippen molar-refractivity contribution in [2.45, 2.75) is 17.1 Å². The van der Waals surface area contributed by atoms with Gasteiger partial charge in [0.2, 0.25) is 0 Å². The molecule has 0 radical (unpaired) electrons. The Kier molecular flexibility index (Phi) is 4.82. The van der Waals surface area contributed by atoms with E-state index in [1.807, 2.05) is 30.3 Å². The van der Waals surface area contributed by atoms with E-state index >= 15 is 0 Å². The molecule has 0 aliphatic rings. The van der Waals surface area contributed by atoms with Crippen molar-refractivity contribution in [1.82, 2.24) is 4.98 Å². The first kappa shape index (κ1) is 13.9. The molecule has 0 atom stereocenters. The highest BCUT2D eigenvalue weighted by Gasteiger charge is 2.02. The van der Waals surface area contributed by atoms with Crippen LogP contribution in [-0.4, -0.2) is 16.1 Å². The largest absolute Gasteiger partial charge is 0.481 e. The number of pyridine rings is 1. The number of nitrogens with zero attached hydrogens (tertiary/aromatic N) is 1. The minimum atomic E-state index is -0.816. The smallest absolute Gasteiger partial charge is 0.307 e. The molecule has 1 aromatic carbocycles. The highest BCUT2D eigenvalue weighted by atomic mass is 35.5. The number of carboxylic acids is 1. The van der Waals surface area contributed by atoms with Gasteiger partial charge in [-0.1, -0.05) is 23.7 Å². The second-order valence-corrected chi connectivity index (χ2v) is 5.45. The standard InChI is InChI=1S/C14H12ClNO2S/c15-11-5-6-16-12(8-11)9-19-13-3-1-10(2-4-13)7-14(17)18/h1-6,8H,7,9H2,(H,17,18). The summed E-state index contributed by atoms with van der Waals surface area (Å²) in [5.41, 5.74) is 1.73. The molecule has 1 N–H and O–H groups in total. The van der Waals surface area contributed by atoms with Gasteiger partial charge in [0.1, 0.15) is 0 Å². The Balaban J connectivity index is 1.94. The van der Waals surface area contributed by atoms with Crippen molar-refractivity contribution in [1.29, 1.82) is 0 Å². The van der Waals surface area contributed by atoms with Gasteiger partial charge in [-0.25, -0.2) is 0 Å². The molecule has 19 heavy (non-hydrogen) atoms. The lowest BCUT2D eigenvalue weighted by atomic mass is 10.2. The third-order valence-electron chi connectivity index (χ3n) is 2.44.